The third-order valence-electron chi connectivity index (χ3n) is 4.10. The van der Waals surface area contributed by atoms with Gasteiger partial charge in [-0.2, -0.15) is 0 Å². The molecule has 0 saturated carbocycles. The average molecular weight is 352 g/mol. The monoisotopic (exact) mass is 352 g/mol. The number of carbonyl (C=O) groups excluding carboxylic acids is 1. The molecule has 5 heteroatoms. The van der Waals surface area contributed by atoms with E-state index in [1.807, 2.05) is 42.5 Å². The highest BCUT2D eigenvalue weighted by molar-refractivity contribution is 6.03. The van der Waals surface area contributed by atoms with Crippen molar-refractivity contribution in [3.05, 3.63) is 60.2 Å². The number of methoxy groups -OCH3 is 3. The molecule has 0 spiro atoms. The van der Waals surface area contributed by atoms with Crippen LogP contribution in [-0.2, 0) is 0 Å². The van der Waals surface area contributed by atoms with Crippen molar-refractivity contribution in [2.24, 2.45) is 0 Å². The lowest BCUT2D eigenvalue weighted by Gasteiger charge is -2.15. The Labute approximate surface area is 152 Å². The molecule has 0 fully saturated rings. The second-order valence-corrected chi connectivity index (χ2v) is 5.60. The van der Waals surface area contributed by atoms with E-state index in [1.165, 1.54) is 14.2 Å². The summed E-state index contributed by atoms with van der Waals surface area (Å²) in [6.45, 7) is -0.132. The van der Waals surface area contributed by atoms with Gasteiger partial charge in [0.1, 0.15) is 28.6 Å². The van der Waals surface area contributed by atoms with Crippen LogP contribution < -0.4 is 18.9 Å². The van der Waals surface area contributed by atoms with Gasteiger partial charge in [0.05, 0.1) is 21.3 Å². The lowest BCUT2D eigenvalue weighted by molar-refractivity contribution is 0.0916. The van der Waals surface area contributed by atoms with Crippen molar-refractivity contribution in [3.8, 4) is 23.0 Å². The van der Waals surface area contributed by atoms with Gasteiger partial charge in [-0.1, -0.05) is 36.4 Å². The molecule has 3 aromatic carbocycles. The van der Waals surface area contributed by atoms with Gasteiger partial charge in [0, 0.05) is 17.5 Å². The number of hydrogen-bond donors (Lipinski definition) is 0. The molecule has 0 aliphatic heterocycles. The molecule has 0 heterocycles. The van der Waals surface area contributed by atoms with Gasteiger partial charge in [0.2, 0.25) is 5.78 Å². The highest BCUT2D eigenvalue weighted by atomic mass is 16.5. The van der Waals surface area contributed by atoms with Crippen molar-refractivity contribution in [2.45, 2.75) is 0 Å². The standard InChI is InChI=1S/C21H20O5/c1-23-15-11-19(24-2)21(20(12-15)25-3)17(22)13-26-18-10-6-8-14-7-4-5-9-16(14)18/h4-12H,13H2,1-3H3. The number of ether oxygens (including phenoxy) is 4. The van der Waals surface area contributed by atoms with Crippen LogP contribution in [0.1, 0.15) is 10.4 Å². The Balaban J connectivity index is 1.88. The second kappa shape index (κ2) is 7.78. The fourth-order valence-electron chi connectivity index (χ4n) is 2.82. The molecule has 0 aromatic heterocycles. The normalized spacial score (nSPS) is 10.4. The molecule has 0 amide bonds. The molecule has 0 bridgehead atoms. The van der Waals surface area contributed by atoms with Gasteiger partial charge in [-0.15, -0.1) is 0 Å². The largest absolute Gasteiger partial charge is 0.496 e. The summed E-state index contributed by atoms with van der Waals surface area (Å²) in [4.78, 5) is 12.8. The van der Waals surface area contributed by atoms with Gasteiger partial charge in [0.15, 0.2) is 6.61 Å². The van der Waals surface area contributed by atoms with Crippen LogP contribution in [0.25, 0.3) is 10.8 Å². The van der Waals surface area contributed by atoms with Crippen LogP contribution in [0.15, 0.2) is 54.6 Å². The summed E-state index contributed by atoms with van der Waals surface area (Å²) in [6.07, 6.45) is 0. The van der Waals surface area contributed by atoms with Crippen LogP contribution in [0.5, 0.6) is 23.0 Å². The minimum atomic E-state index is -0.241. The van der Waals surface area contributed by atoms with Gasteiger partial charge >= 0.3 is 0 Å². The lowest BCUT2D eigenvalue weighted by Crippen LogP contribution is -2.14. The van der Waals surface area contributed by atoms with E-state index >= 15 is 0 Å². The Morgan fingerprint density at radius 3 is 2.12 bits per heavy atom. The van der Waals surface area contributed by atoms with Crippen molar-refractivity contribution in [2.75, 3.05) is 27.9 Å². The zero-order valence-electron chi connectivity index (χ0n) is 14.9. The van der Waals surface area contributed by atoms with Crippen LogP contribution in [-0.4, -0.2) is 33.7 Å². The smallest absolute Gasteiger partial charge is 0.207 e. The number of benzene rings is 3. The number of rotatable bonds is 7. The van der Waals surface area contributed by atoms with Gasteiger partial charge in [-0.05, 0) is 11.5 Å². The molecule has 0 aliphatic rings. The van der Waals surface area contributed by atoms with Gasteiger partial charge in [0.25, 0.3) is 0 Å². The van der Waals surface area contributed by atoms with Gasteiger partial charge in [-0.3, -0.25) is 4.79 Å². The molecular formula is C21H20O5. The topological polar surface area (TPSA) is 54.0 Å². The molecule has 5 nitrogen and oxygen atoms in total. The zero-order chi connectivity index (χ0) is 18.5. The highest BCUT2D eigenvalue weighted by Gasteiger charge is 2.21. The second-order valence-electron chi connectivity index (χ2n) is 5.60. The minimum Gasteiger partial charge on any atom is -0.496 e. The van der Waals surface area contributed by atoms with Crippen LogP contribution in [0, 0.1) is 0 Å². The molecule has 3 rings (SSSR count). The van der Waals surface area contributed by atoms with Gasteiger partial charge in [-0.25, -0.2) is 0 Å². The Kier molecular flexibility index (Phi) is 5.27. The number of Topliss-reactive ketones (excluding diaryl/α,β-unsaturated/α-hetero) is 1. The predicted molar refractivity (Wildman–Crippen MR) is 99.9 cm³/mol. The van der Waals surface area contributed by atoms with E-state index in [9.17, 15) is 4.79 Å². The Bertz CT molecular complexity index is 902. The van der Waals surface area contributed by atoms with Crippen LogP contribution >= 0.6 is 0 Å². The summed E-state index contributed by atoms with van der Waals surface area (Å²) in [7, 11) is 4.53. The number of hydrogen-bond acceptors (Lipinski definition) is 5. The van der Waals surface area contributed by atoms with Crippen molar-refractivity contribution >= 4 is 16.6 Å². The summed E-state index contributed by atoms with van der Waals surface area (Å²) >= 11 is 0. The molecule has 3 aromatic rings. The van der Waals surface area contributed by atoms with E-state index in [0.29, 0.717) is 28.6 Å². The summed E-state index contributed by atoms with van der Waals surface area (Å²) in [5, 5.41) is 2.01. The molecule has 0 aliphatic carbocycles. The molecule has 0 N–H and O–H groups in total. The van der Waals surface area contributed by atoms with E-state index in [1.54, 1.807) is 19.2 Å². The first kappa shape index (κ1) is 17.6. The Morgan fingerprint density at radius 1 is 0.808 bits per heavy atom. The van der Waals surface area contributed by atoms with E-state index in [0.717, 1.165) is 10.8 Å². The predicted octanol–water partition coefficient (Wildman–Crippen LogP) is 4.13. The van der Waals surface area contributed by atoms with Crippen molar-refractivity contribution < 1.29 is 23.7 Å². The number of fused-ring (bicyclic) bond motifs is 1. The van der Waals surface area contributed by atoms with E-state index < -0.39 is 0 Å². The molecule has 0 unspecified atom stereocenters. The van der Waals surface area contributed by atoms with Crippen molar-refractivity contribution in [1.29, 1.82) is 0 Å². The van der Waals surface area contributed by atoms with Crippen molar-refractivity contribution in [1.82, 2.24) is 0 Å². The summed E-state index contributed by atoms with van der Waals surface area (Å²) in [5.41, 5.74) is 0.330. The fourth-order valence-corrected chi connectivity index (χ4v) is 2.82. The third kappa shape index (κ3) is 3.42. The molecule has 0 atom stereocenters. The molecule has 0 radical (unpaired) electrons. The first-order valence-electron chi connectivity index (χ1n) is 8.11. The molecule has 134 valence electrons. The molecular weight excluding hydrogens is 332 g/mol. The first-order chi connectivity index (χ1) is 12.7. The summed E-state index contributed by atoms with van der Waals surface area (Å²) in [5.74, 6) is 1.72. The maximum Gasteiger partial charge on any atom is 0.207 e. The minimum absolute atomic E-state index is 0.132. The fraction of sp³-hybridized carbons (Fsp3) is 0.190. The lowest BCUT2D eigenvalue weighted by atomic mass is 10.1. The van der Waals surface area contributed by atoms with E-state index in [4.69, 9.17) is 18.9 Å². The van der Waals surface area contributed by atoms with Crippen LogP contribution in [0.3, 0.4) is 0 Å². The third-order valence-corrected chi connectivity index (χ3v) is 4.10. The zero-order valence-corrected chi connectivity index (χ0v) is 14.9. The van der Waals surface area contributed by atoms with Gasteiger partial charge < -0.3 is 18.9 Å². The van der Waals surface area contributed by atoms with E-state index in [2.05, 4.69) is 0 Å². The Morgan fingerprint density at radius 2 is 1.46 bits per heavy atom. The number of carbonyl (C=O) groups is 1. The molecule has 0 saturated heterocycles. The summed E-state index contributed by atoms with van der Waals surface area (Å²) in [6, 6.07) is 16.9. The number of ketones is 1. The average Bonchev–Trinajstić information content (AvgIpc) is 2.70. The maximum absolute atomic E-state index is 12.8. The van der Waals surface area contributed by atoms with E-state index in [-0.39, 0.29) is 12.4 Å². The van der Waals surface area contributed by atoms with Crippen molar-refractivity contribution in [3.63, 3.8) is 0 Å². The van der Waals surface area contributed by atoms with Crippen LogP contribution in [0.2, 0.25) is 0 Å². The SMILES string of the molecule is COc1cc(OC)c(C(=O)COc2cccc3ccccc23)c(OC)c1. The molecule has 26 heavy (non-hydrogen) atoms. The highest BCUT2D eigenvalue weighted by Crippen LogP contribution is 2.34. The Hall–Kier alpha value is -3.21. The quantitative estimate of drug-likeness (QED) is 0.599. The summed E-state index contributed by atoms with van der Waals surface area (Å²) < 4.78 is 21.7. The first-order valence-corrected chi connectivity index (χ1v) is 8.11. The maximum atomic E-state index is 12.8. The van der Waals surface area contributed by atoms with Crippen LogP contribution in [0.4, 0.5) is 0 Å².